The van der Waals surface area contributed by atoms with Gasteiger partial charge >= 0.3 is 0 Å². The summed E-state index contributed by atoms with van der Waals surface area (Å²) in [5, 5.41) is 0. The Morgan fingerprint density at radius 3 is 2.67 bits per heavy atom. The number of methoxy groups -OCH3 is 1. The highest BCUT2D eigenvalue weighted by molar-refractivity contribution is 5.51. The number of piperidine rings is 1. The van der Waals surface area contributed by atoms with Gasteiger partial charge in [-0.25, -0.2) is 9.97 Å². The van der Waals surface area contributed by atoms with Crippen LogP contribution in [0.3, 0.4) is 0 Å². The number of hydrogen-bond acceptors (Lipinski definition) is 6. The van der Waals surface area contributed by atoms with Crippen LogP contribution in [0.2, 0.25) is 0 Å². The Morgan fingerprint density at radius 1 is 1.19 bits per heavy atom. The summed E-state index contributed by atoms with van der Waals surface area (Å²) >= 11 is 0. The van der Waals surface area contributed by atoms with E-state index in [2.05, 4.69) is 19.8 Å². The normalized spacial score (nSPS) is 24.5. The van der Waals surface area contributed by atoms with Crippen molar-refractivity contribution in [2.45, 2.75) is 38.3 Å². The molecule has 0 bridgehead atoms. The van der Waals surface area contributed by atoms with Gasteiger partial charge in [0.15, 0.2) is 0 Å². The van der Waals surface area contributed by atoms with Gasteiger partial charge in [0.05, 0.1) is 12.7 Å². The zero-order chi connectivity index (χ0) is 14.8. The van der Waals surface area contributed by atoms with E-state index in [9.17, 15) is 0 Å². The van der Waals surface area contributed by atoms with Gasteiger partial charge in [-0.3, -0.25) is 4.90 Å². The second kappa shape index (κ2) is 6.15. The molecule has 21 heavy (non-hydrogen) atoms. The summed E-state index contributed by atoms with van der Waals surface area (Å²) in [4.78, 5) is 13.6. The number of anilines is 1. The molecule has 1 unspecified atom stereocenters. The van der Waals surface area contributed by atoms with Crippen molar-refractivity contribution >= 4 is 5.82 Å². The molecule has 6 heteroatoms. The monoisotopic (exact) mass is 291 g/mol. The van der Waals surface area contributed by atoms with Crippen LogP contribution in [0.5, 0.6) is 5.88 Å². The van der Waals surface area contributed by atoms with Crippen molar-refractivity contribution in [3.8, 4) is 5.88 Å². The Hall–Kier alpha value is -1.40. The minimum atomic E-state index is 0.395. The van der Waals surface area contributed by atoms with Crippen molar-refractivity contribution in [3.05, 3.63) is 11.9 Å². The average molecular weight is 291 g/mol. The van der Waals surface area contributed by atoms with Crippen molar-refractivity contribution in [2.75, 3.05) is 38.2 Å². The molecule has 1 aromatic heterocycles. The molecule has 2 fully saturated rings. The van der Waals surface area contributed by atoms with Crippen LogP contribution < -0.4 is 15.4 Å². The number of rotatable bonds is 3. The smallest absolute Gasteiger partial charge is 0.221 e. The number of likely N-dealkylation sites (tertiary alicyclic amines) is 1. The maximum atomic E-state index is 6.00. The van der Waals surface area contributed by atoms with Crippen LogP contribution >= 0.6 is 0 Å². The zero-order valence-electron chi connectivity index (χ0n) is 13.0. The predicted molar refractivity (Wildman–Crippen MR) is 82.7 cm³/mol. The maximum absolute atomic E-state index is 6.00. The van der Waals surface area contributed by atoms with E-state index in [4.69, 9.17) is 10.5 Å². The van der Waals surface area contributed by atoms with Crippen molar-refractivity contribution in [1.82, 2.24) is 14.9 Å². The summed E-state index contributed by atoms with van der Waals surface area (Å²) in [6.45, 7) is 6.38. The van der Waals surface area contributed by atoms with Crippen molar-refractivity contribution in [2.24, 2.45) is 5.73 Å². The Balaban J connectivity index is 1.67. The summed E-state index contributed by atoms with van der Waals surface area (Å²) in [7, 11) is 1.66. The highest BCUT2D eigenvalue weighted by Crippen LogP contribution is 2.28. The van der Waals surface area contributed by atoms with E-state index in [1.807, 2.05) is 6.92 Å². The van der Waals surface area contributed by atoms with Crippen LogP contribution in [0.4, 0.5) is 5.82 Å². The molecule has 1 aromatic rings. The number of nitrogens with zero attached hydrogens (tertiary/aromatic N) is 4. The fraction of sp³-hybridized carbons (Fsp3) is 0.733. The highest BCUT2D eigenvalue weighted by Gasteiger charge is 2.31. The van der Waals surface area contributed by atoms with Crippen LogP contribution in [-0.4, -0.2) is 60.2 Å². The summed E-state index contributed by atoms with van der Waals surface area (Å²) in [6, 6.07) is 1.02. The van der Waals surface area contributed by atoms with E-state index < -0.39 is 0 Å². The largest absolute Gasteiger partial charge is 0.481 e. The number of ether oxygens (including phenoxy) is 1. The minimum absolute atomic E-state index is 0.395. The van der Waals surface area contributed by atoms with Gasteiger partial charge in [0.25, 0.3) is 0 Å². The third kappa shape index (κ3) is 2.96. The summed E-state index contributed by atoms with van der Waals surface area (Å²) < 4.78 is 5.30. The molecule has 2 aliphatic heterocycles. The summed E-state index contributed by atoms with van der Waals surface area (Å²) in [6.07, 6.45) is 5.03. The van der Waals surface area contributed by atoms with E-state index in [0.29, 0.717) is 18.0 Å². The van der Waals surface area contributed by atoms with Crippen LogP contribution in [0.25, 0.3) is 0 Å². The molecule has 0 saturated carbocycles. The van der Waals surface area contributed by atoms with Gasteiger partial charge in [-0.2, -0.15) is 0 Å². The van der Waals surface area contributed by atoms with Gasteiger partial charge in [-0.15, -0.1) is 0 Å². The first-order valence-corrected chi connectivity index (χ1v) is 7.79. The first-order valence-electron chi connectivity index (χ1n) is 7.79. The third-order valence-corrected chi connectivity index (χ3v) is 4.76. The molecule has 1 atom stereocenters. The van der Waals surface area contributed by atoms with Crippen molar-refractivity contribution < 1.29 is 4.74 Å². The lowest BCUT2D eigenvalue weighted by Gasteiger charge is -2.34. The number of aromatic nitrogens is 2. The minimum Gasteiger partial charge on any atom is -0.481 e. The quantitative estimate of drug-likeness (QED) is 0.888. The second-order valence-electron chi connectivity index (χ2n) is 6.09. The Bertz CT molecular complexity index is 487. The molecule has 2 saturated heterocycles. The zero-order valence-corrected chi connectivity index (χ0v) is 13.0. The van der Waals surface area contributed by atoms with E-state index in [0.717, 1.165) is 50.4 Å². The van der Waals surface area contributed by atoms with Gasteiger partial charge in [0.2, 0.25) is 5.88 Å². The molecule has 0 spiro atoms. The molecule has 0 aliphatic carbocycles. The molecular weight excluding hydrogens is 266 g/mol. The lowest BCUT2D eigenvalue weighted by molar-refractivity contribution is 0.163. The number of nitrogens with two attached hydrogens (primary N) is 1. The molecule has 0 radical (unpaired) electrons. The Morgan fingerprint density at radius 2 is 1.95 bits per heavy atom. The lowest BCUT2D eigenvalue weighted by atomic mass is 10.0. The molecule has 3 rings (SSSR count). The van der Waals surface area contributed by atoms with Crippen molar-refractivity contribution in [3.63, 3.8) is 0 Å². The molecule has 2 N–H and O–H groups in total. The van der Waals surface area contributed by atoms with Crippen molar-refractivity contribution in [1.29, 1.82) is 0 Å². The van der Waals surface area contributed by atoms with Gasteiger partial charge < -0.3 is 15.4 Å². The van der Waals surface area contributed by atoms with Gasteiger partial charge in [-0.05, 0) is 39.3 Å². The highest BCUT2D eigenvalue weighted by atomic mass is 16.5. The van der Waals surface area contributed by atoms with Gasteiger partial charge in [0, 0.05) is 25.2 Å². The number of hydrogen-bond donors (Lipinski definition) is 1. The fourth-order valence-corrected chi connectivity index (χ4v) is 3.47. The molecule has 3 heterocycles. The summed E-state index contributed by atoms with van der Waals surface area (Å²) in [5.41, 5.74) is 7.03. The van der Waals surface area contributed by atoms with E-state index in [1.165, 1.54) is 6.42 Å². The Kier molecular flexibility index (Phi) is 4.26. The molecule has 116 valence electrons. The molecular formula is C15H25N5O. The summed E-state index contributed by atoms with van der Waals surface area (Å²) in [5.74, 6) is 1.69. The SMILES string of the molecule is COc1ncnc(N2CCC(N3CCC(N)CC3)C2)c1C. The first kappa shape index (κ1) is 14.5. The van der Waals surface area contributed by atoms with Crippen LogP contribution in [0.1, 0.15) is 24.8 Å². The first-order chi connectivity index (χ1) is 10.2. The molecule has 2 aliphatic rings. The van der Waals surface area contributed by atoms with Gasteiger partial charge in [0.1, 0.15) is 12.1 Å². The fourth-order valence-electron chi connectivity index (χ4n) is 3.47. The lowest BCUT2D eigenvalue weighted by Crippen LogP contribution is -2.46. The van der Waals surface area contributed by atoms with Crippen LogP contribution in [0, 0.1) is 6.92 Å². The molecule has 0 aromatic carbocycles. The maximum Gasteiger partial charge on any atom is 0.221 e. The van der Waals surface area contributed by atoms with E-state index >= 15 is 0 Å². The Labute approximate surface area is 126 Å². The standard InChI is InChI=1S/C15H25N5O/c1-11-14(17-10-18-15(11)21-2)20-8-5-13(9-20)19-6-3-12(16)4-7-19/h10,12-13H,3-9,16H2,1-2H3. The van der Waals surface area contributed by atoms with Gasteiger partial charge in [-0.1, -0.05) is 0 Å². The topological polar surface area (TPSA) is 67.5 Å². The average Bonchev–Trinajstić information content (AvgIpc) is 2.98. The van der Waals surface area contributed by atoms with E-state index in [1.54, 1.807) is 13.4 Å². The predicted octanol–water partition coefficient (Wildman–Crippen LogP) is 0.795. The van der Waals surface area contributed by atoms with Crippen LogP contribution in [0.15, 0.2) is 6.33 Å². The second-order valence-corrected chi connectivity index (χ2v) is 6.09. The van der Waals surface area contributed by atoms with E-state index in [-0.39, 0.29) is 0 Å². The molecule has 6 nitrogen and oxygen atoms in total. The molecule has 0 amide bonds. The third-order valence-electron chi connectivity index (χ3n) is 4.76. The van der Waals surface area contributed by atoms with Crippen LogP contribution in [-0.2, 0) is 0 Å².